The van der Waals surface area contributed by atoms with E-state index in [4.69, 9.17) is 10.5 Å². The van der Waals surface area contributed by atoms with Crippen LogP contribution in [0, 0.1) is 12.8 Å². The summed E-state index contributed by atoms with van der Waals surface area (Å²) in [6.07, 6.45) is 4.68. The Bertz CT molecular complexity index is 1320. The van der Waals surface area contributed by atoms with Crippen LogP contribution in [0.3, 0.4) is 0 Å². The minimum Gasteiger partial charge on any atom is -0.444 e. The van der Waals surface area contributed by atoms with Gasteiger partial charge in [-0.15, -0.1) is 0 Å². The molecule has 0 unspecified atom stereocenters. The summed E-state index contributed by atoms with van der Waals surface area (Å²) in [5.41, 5.74) is 9.80. The molecule has 4 heterocycles. The maximum absolute atomic E-state index is 12.7. The highest BCUT2D eigenvalue weighted by Crippen LogP contribution is 2.35. The standard InChI is InChI=1S/C26H37N7O3/c1-16(2)12-32-13-18(10-17(3)24(32)34)20-11-21(22-23(27)28-15-29-33(20)22)31-9-7-8-19(14-31)30-25(35)36-26(4,5)6/h10-11,13,15-16,19H,7-9,12,14H2,1-6H3,(H,30,35)(H2,27,28,29)/t19-/m1/s1. The number of ether oxygens (including phenoxy) is 1. The molecule has 1 amide bonds. The lowest BCUT2D eigenvalue weighted by molar-refractivity contribution is 0.0500. The molecule has 3 N–H and O–H groups in total. The Hall–Kier alpha value is -3.56. The average Bonchev–Trinajstić information content (AvgIpc) is 3.16. The molecule has 10 nitrogen and oxygen atoms in total. The SMILES string of the molecule is Cc1cc(-c2cc(N3CCC[C@@H](NC(=O)OC(C)(C)C)C3)c3c(N)ncnn23)cn(CC(C)C)c1=O. The number of fused-ring (bicyclic) bond motifs is 1. The van der Waals surface area contributed by atoms with Gasteiger partial charge in [-0.1, -0.05) is 13.8 Å². The van der Waals surface area contributed by atoms with Gasteiger partial charge in [0, 0.05) is 43.0 Å². The van der Waals surface area contributed by atoms with Crippen LogP contribution in [-0.4, -0.2) is 50.0 Å². The van der Waals surface area contributed by atoms with Gasteiger partial charge < -0.3 is 25.3 Å². The number of nitrogen functional groups attached to an aromatic ring is 1. The maximum Gasteiger partial charge on any atom is 0.407 e. The van der Waals surface area contributed by atoms with Crippen molar-refractivity contribution in [2.45, 2.75) is 72.6 Å². The van der Waals surface area contributed by atoms with Crippen molar-refractivity contribution >= 4 is 23.1 Å². The Balaban J connectivity index is 1.71. The van der Waals surface area contributed by atoms with Crippen molar-refractivity contribution in [3.05, 3.63) is 40.6 Å². The molecule has 1 aliphatic heterocycles. The number of rotatable bonds is 5. The number of nitrogens with one attached hydrogen (secondary N) is 1. The summed E-state index contributed by atoms with van der Waals surface area (Å²) in [5.74, 6) is 0.707. The normalized spacial score (nSPS) is 16.5. The van der Waals surface area contributed by atoms with E-state index in [0.29, 0.717) is 35.9 Å². The van der Waals surface area contributed by atoms with Gasteiger partial charge in [0.15, 0.2) is 5.82 Å². The molecule has 1 saturated heterocycles. The Morgan fingerprint density at radius 3 is 2.75 bits per heavy atom. The highest BCUT2D eigenvalue weighted by Gasteiger charge is 2.27. The van der Waals surface area contributed by atoms with Crippen molar-refractivity contribution in [3.63, 3.8) is 0 Å². The van der Waals surface area contributed by atoms with E-state index in [1.54, 1.807) is 9.08 Å². The minimum absolute atomic E-state index is 0.00904. The highest BCUT2D eigenvalue weighted by atomic mass is 16.6. The van der Waals surface area contributed by atoms with Gasteiger partial charge in [-0.2, -0.15) is 5.10 Å². The van der Waals surface area contributed by atoms with Gasteiger partial charge in [0.25, 0.3) is 5.56 Å². The van der Waals surface area contributed by atoms with E-state index in [9.17, 15) is 9.59 Å². The predicted octanol–water partition coefficient (Wildman–Crippen LogP) is 3.60. The number of hydrogen-bond donors (Lipinski definition) is 2. The van der Waals surface area contributed by atoms with Crippen molar-refractivity contribution < 1.29 is 9.53 Å². The largest absolute Gasteiger partial charge is 0.444 e. The zero-order valence-electron chi connectivity index (χ0n) is 22.0. The molecule has 0 bridgehead atoms. The topological polar surface area (TPSA) is 120 Å². The Kier molecular flexibility index (Phi) is 6.97. The number of carbonyl (C=O) groups is 1. The zero-order valence-corrected chi connectivity index (χ0v) is 22.0. The van der Waals surface area contributed by atoms with Crippen molar-refractivity contribution in [1.82, 2.24) is 24.5 Å². The molecule has 0 aliphatic carbocycles. The van der Waals surface area contributed by atoms with E-state index in [0.717, 1.165) is 36.3 Å². The first-order valence-electron chi connectivity index (χ1n) is 12.5. The number of nitrogens with two attached hydrogens (primary N) is 1. The smallest absolute Gasteiger partial charge is 0.407 e. The molecule has 1 fully saturated rings. The molecule has 4 rings (SSSR count). The van der Waals surface area contributed by atoms with Crippen LogP contribution in [0.2, 0.25) is 0 Å². The molecular weight excluding hydrogens is 458 g/mol. The van der Waals surface area contributed by atoms with Crippen molar-refractivity contribution in [2.75, 3.05) is 23.7 Å². The van der Waals surface area contributed by atoms with Crippen molar-refractivity contribution in [1.29, 1.82) is 0 Å². The molecule has 1 aliphatic rings. The summed E-state index contributed by atoms with van der Waals surface area (Å²) in [6.45, 7) is 13.6. The summed E-state index contributed by atoms with van der Waals surface area (Å²) in [6, 6.07) is 3.88. The van der Waals surface area contributed by atoms with E-state index >= 15 is 0 Å². The number of alkyl carbamates (subject to hydrolysis) is 1. The van der Waals surface area contributed by atoms with E-state index in [2.05, 4.69) is 40.2 Å². The minimum atomic E-state index is -0.554. The number of carbonyl (C=O) groups excluding carboxylic acids is 1. The van der Waals surface area contributed by atoms with Gasteiger partial charge in [-0.05, 0) is 58.6 Å². The Morgan fingerprint density at radius 2 is 2.06 bits per heavy atom. The van der Waals surface area contributed by atoms with E-state index in [1.165, 1.54) is 6.33 Å². The fourth-order valence-corrected chi connectivity index (χ4v) is 4.74. The molecule has 36 heavy (non-hydrogen) atoms. The number of aromatic nitrogens is 4. The average molecular weight is 496 g/mol. The third-order valence-electron chi connectivity index (χ3n) is 6.17. The second kappa shape index (κ2) is 9.83. The summed E-state index contributed by atoms with van der Waals surface area (Å²) < 4.78 is 9.01. The van der Waals surface area contributed by atoms with Gasteiger partial charge in [-0.3, -0.25) is 4.79 Å². The van der Waals surface area contributed by atoms with E-state index in [1.807, 2.05) is 40.0 Å². The van der Waals surface area contributed by atoms with Gasteiger partial charge in [0.1, 0.15) is 17.4 Å². The van der Waals surface area contributed by atoms with Gasteiger partial charge in [0.2, 0.25) is 0 Å². The Labute approximate surface area is 211 Å². The molecule has 3 aromatic heterocycles. The first-order valence-corrected chi connectivity index (χ1v) is 12.5. The van der Waals surface area contributed by atoms with Gasteiger partial charge in [0.05, 0.1) is 11.4 Å². The number of hydrogen-bond acceptors (Lipinski definition) is 7. The van der Waals surface area contributed by atoms with E-state index < -0.39 is 11.7 Å². The van der Waals surface area contributed by atoms with Gasteiger partial charge in [-0.25, -0.2) is 14.3 Å². The molecule has 3 aromatic rings. The fourth-order valence-electron chi connectivity index (χ4n) is 4.74. The van der Waals surface area contributed by atoms with Crippen LogP contribution in [0.15, 0.2) is 29.5 Å². The summed E-state index contributed by atoms with van der Waals surface area (Å²) in [5, 5.41) is 7.51. The monoisotopic (exact) mass is 495 g/mol. The second-order valence-electron chi connectivity index (χ2n) is 11.0. The number of aryl methyl sites for hydroxylation is 1. The third kappa shape index (κ3) is 5.47. The van der Waals surface area contributed by atoms with Crippen LogP contribution in [0.5, 0.6) is 0 Å². The van der Waals surface area contributed by atoms with Crippen molar-refractivity contribution in [3.8, 4) is 11.3 Å². The molecular formula is C26H37N7O3. The number of nitrogens with zero attached hydrogens (tertiary/aromatic N) is 5. The number of piperidine rings is 1. The number of anilines is 2. The molecule has 1 atom stereocenters. The maximum atomic E-state index is 12.7. The fraction of sp³-hybridized carbons (Fsp3) is 0.538. The molecule has 0 spiro atoms. The molecule has 0 radical (unpaired) electrons. The lowest BCUT2D eigenvalue weighted by Crippen LogP contribution is -2.49. The summed E-state index contributed by atoms with van der Waals surface area (Å²) >= 11 is 0. The highest BCUT2D eigenvalue weighted by molar-refractivity contribution is 5.88. The first-order chi connectivity index (χ1) is 16.9. The van der Waals surface area contributed by atoms with Crippen LogP contribution in [0.1, 0.15) is 53.0 Å². The van der Waals surface area contributed by atoms with Crippen LogP contribution in [0.4, 0.5) is 16.3 Å². The zero-order chi connectivity index (χ0) is 26.2. The van der Waals surface area contributed by atoms with Crippen LogP contribution in [-0.2, 0) is 11.3 Å². The van der Waals surface area contributed by atoms with E-state index in [-0.39, 0.29) is 11.6 Å². The summed E-state index contributed by atoms with van der Waals surface area (Å²) in [7, 11) is 0. The lowest BCUT2D eigenvalue weighted by atomic mass is 10.0. The van der Waals surface area contributed by atoms with Gasteiger partial charge >= 0.3 is 6.09 Å². The lowest BCUT2D eigenvalue weighted by Gasteiger charge is -2.34. The molecule has 0 aromatic carbocycles. The third-order valence-corrected chi connectivity index (χ3v) is 6.17. The van der Waals surface area contributed by atoms with Crippen LogP contribution < -0.4 is 21.5 Å². The van der Waals surface area contributed by atoms with Crippen molar-refractivity contribution in [2.24, 2.45) is 5.92 Å². The molecule has 0 saturated carbocycles. The predicted molar refractivity (Wildman–Crippen MR) is 141 cm³/mol. The number of pyridine rings is 1. The molecule has 10 heteroatoms. The summed E-state index contributed by atoms with van der Waals surface area (Å²) in [4.78, 5) is 31.5. The quantitative estimate of drug-likeness (QED) is 0.555. The molecule has 194 valence electrons. The first kappa shape index (κ1) is 25.5. The number of amides is 1. The second-order valence-corrected chi connectivity index (χ2v) is 11.0. The van der Waals surface area contributed by atoms with Crippen LogP contribution in [0.25, 0.3) is 16.8 Å². The Morgan fingerprint density at radius 1 is 1.31 bits per heavy atom. The van der Waals surface area contributed by atoms with Crippen LogP contribution >= 0.6 is 0 Å².